The molecule has 1 aliphatic rings. The molecule has 4 rings (SSSR count). The molecule has 2 aromatic heterocycles. The third kappa shape index (κ3) is 3.61. The van der Waals surface area contributed by atoms with Gasteiger partial charge >= 0.3 is 0 Å². The van der Waals surface area contributed by atoms with Crippen LogP contribution in [0.3, 0.4) is 0 Å². The van der Waals surface area contributed by atoms with Crippen LogP contribution in [0.5, 0.6) is 0 Å². The number of morpholine rings is 1. The zero-order chi connectivity index (χ0) is 20.4. The van der Waals surface area contributed by atoms with Crippen LogP contribution < -0.4 is 4.90 Å². The first kappa shape index (κ1) is 19.1. The van der Waals surface area contributed by atoms with E-state index in [1.54, 1.807) is 20.4 Å². The van der Waals surface area contributed by atoms with Gasteiger partial charge in [0.1, 0.15) is 0 Å². The first-order valence-electron chi connectivity index (χ1n) is 9.82. The van der Waals surface area contributed by atoms with Crippen molar-refractivity contribution in [1.82, 2.24) is 14.3 Å². The van der Waals surface area contributed by atoms with Crippen molar-refractivity contribution >= 4 is 23.0 Å². The average molecular weight is 392 g/mol. The van der Waals surface area contributed by atoms with Crippen LogP contribution in [0.2, 0.25) is 0 Å². The van der Waals surface area contributed by atoms with Gasteiger partial charge in [-0.25, -0.2) is 4.98 Å². The highest BCUT2D eigenvalue weighted by Gasteiger charge is 2.28. The smallest absolute Gasteiger partial charge is 0.290 e. The summed E-state index contributed by atoms with van der Waals surface area (Å²) in [5.41, 5.74) is 2.80. The van der Waals surface area contributed by atoms with Crippen molar-refractivity contribution in [2.45, 2.75) is 13.8 Å². The molecule has 0 bridgehead atoms. The van der Waals surface area contributed by atoms with Gasteiger partial charge in [0, 0.05) is 31.5 Å². The summed E-state index contributed by atoms with van der Waals surface area (Å²) in [6.45, 7) is 6.49. The number of anilines is 1. The van der Waals surface area contributed by atoms with E-state index in [1.165, 1.54) is 0 Å². The SMILES string of the molecule is CCN(C(=O)c1nc(C(=O)N2CCOCC2)n2ccccc12)c1cccc(C)c1. The minimum absolute atomic E-state index is 0.188. The lowest BCUT2D eigenvalue weighted by Crippen LogP contribution is -2.41. The molecule has 7 heteroatoms. The number of hydrogen-bond acceptors (Lipinski definition) is 4. The Morgan fingerprint density at radius 1 is 1.14 bits per heavy atom. The van der Waals surface area contributed by atoms with Crippen molar-refractivity contribution in [2.24, 2.45) is 0 Å². The molecule has 0 atom stereocenters. The highest BCUT2D eigenvalue weighted by molar-refractivity contribution is 6.10. The average Bonchev–Trinajstić information content (AvgIpc) is 3.14. The van der Waals surface area contributed by atoms with E-state index in [0.717, 1.165) is 11.3 Å². The largest absolute Gasteiger partial charge is 0.378 e. The molecule has 1 saturated heterocycles. The predicted molar refractivity (Wildman–Crippen MR) is 110 cm³/mol. The van der Waals surface area contributed by atoms with Crippen LogP contribution in [0, 0.1) is 6.92 Å². The number of carbonyl (C=O) groups is 2. The van der Waals surface area contributed by atoms with E-state index in [4.69, 9.17) is 4.74 Å². The molecule has 3 heterocycles. The number of aryl methyl sites for hydroxylation is 1. The summed E-state index contributed by atoms with van der Waals surface area (Å²) in [6.07, 6.45) is 1.77. The normalized spacial score (nSPS) is 14.2. The number of aromatic nitrogens is 2. The molecule has 0 N–H and O–H groups in total. The Morgan fingerprint density at radius 3 is 2.66 bits per heavy atom. The molecule has 1 fully saturated rings. The second-order valence-electron chi connectivity index (χ2n) is 7.03. The third-order valence-corrected chi connectivity index (χ3v) is 5.12. The van der Waals surface area contributed by atoms with Gasteiger partial charge in [-0.2, -0.15) is 0 Å². The van der Waals surface area contributed by atoms with Crippen LogP contribution in [0.15, 0.2) is 48.7 Å². The fourth-order valence-corrected chi connectivity index (χ4v) is 3.62. The molecule has 0 saturated carbocycles. The van der Waals surface area contributed by atoms with Crippen LogP contribution in [0.1, 0.15) is 33.6 Å². The molecule has 1 aromatic carbocycles. The highest BCUT2D eigenvalue weighted by atomic mass is 16.5. The number of benzene rings is 1. The van der Waals surface area contributed by atoms with E-state index in [9.17, 15) is 9.59 Å². The van der Waals surface area contributed by atoms with Crippen molar-refractivity contribution in [3.8, 4) is 0 Å². The van der Waals surface area contributed by atoms with Crippen LogP contribution in [0.4, 0.5) is 5.69 Å². The highest BCUT2D eigenvalue weighted by Crippen LogP contribution is 2.22. The maximum Gasteiger partial charge on any atom is 0.290 e. The van der Waals surface area contributed by atoms with E-state index in [2.05, 4.69) is 4.98 Å². The molecule has 0 aliphatic carbocycles. The number of amides is 2. The molecule has 29 heavy (non-hydrogen) atoms. The number of imidazole rings is 1. The van der Waals surface area contributed by atoms with Crippen molar-refractivity contribution in [1.29, 1.82) is 0 Å². The lowest BCUT2D eigenvalue weighted by Gasteiger charge is -2.26. The van der Waals surface area contributed by atoms with E-state index in [0.29, 0.717) is 38.4 Å². The Balaban J connectivity index is 1.75. The lowest BCUT2D eigenvalue weighted by atomic mass is 10.2. The number of carbonyl (C=O) groups excluding carboxylic acids is 2. The quantitative estimate of drug-likeness (QED) is 0.685. The van der Waals surface area contributed by atoms with E-state index < -0.39 is 0 Å². The Labute approximate surface area is 169 Å². The molecule has 7 nitrogen and oxygen atoms in total. The summed E-state index contributed by atoms with van der Waals surface area (Å²) in [6, 6.07) is 13.3. The maximum absolute atomic E-state index is 13.4. The molecule has 3 aromatic rings. The molecular weight excluding hydrogens is 368 g/mol. The molecule has 0 unspecified atom stereocenters. The van der Waals surface area contributed by atoms with Crippen molar-refractivity contribution < 1.29 is 14.3 Å². The number of fused-ring (bicyclic) bond motifs is 1. The standard InChI is InChI=1S/C22H24N4O3/c1-3-25(17-8-6-7-16(2)15-17)21(27)19-18-9-4-5-10-26(18)20(23-19)22(28)24-11-13-29-14-12-24/h4-10,15H,3,11-14H2,1-2H3. The van der Waals surface area contributed by atoms with Crippen LogP contribution in [-0.4, -0.2) is 58.9 Å². The van der Waals surface area contributed by atoms with Gasteiger partial charge in [-0.3, -0.25) is 14.0 Å². The van der Waals surface area contributed by atoms with Crippen LogP contribution in [0.25, 0.3) is 5.52 Å². The Hall–Kier alpha value is -3.19. The zero-order valence-electron chi connectivity index (χ0n) is 16.7. The minimum atomic E-state index is -0.220. The monoisotopic (exact) mass is 392 g/mol. The van der Waals surface area contributed by atoms with Crippen LogP contribution in [-0.2, 0) is 4.74 Å². The Bertz CT molecular complexity index is 1050. The minimum Gasteiger partial charge on any atom is -0.378 e. The maximum atomic E-state index is 13.4. The van der Waals surface area contributed by atoms with Gasteiger partial charge < -0.3 is 14.5 Å². The first-order chi connectivity index (χ1) is 14.1. The van der Waals surface area contributed by atoms with Crippen molar-refractivity contribution in [2.75, 3.05) is 37.7 Å². The van der Waals surface area contributed by atoms with Crippen molar-refractivity contribution in [3.05, 3.63) is 65.7 Å². The number of nitrogens with zero attached hydrogens (tertiary/aromatic N) is 4. The predicted octanol–water partition coefficient (Wildman–Crippen LogP) is 2.78. The Kier molecular flexibility index (Phi) is 5.31. The third-order valence-electron chi connectivity index (χ3n) is 5.12. The summed E-state index contributed by atoms with van der Waals surface area (Å²) in [5, 5.41) is 0. The van der Waals surface area contributed by atoms with Crippen molar-refractivity contribution in [3.63, 3.8) is 0 Å². The first-order valence-corrected chi connectivity index (χ1v) is 9.82. The molecule has 2 amide bonds. The fourth-order valence-electron chi connectivity index (χ4n) is 3.62. The summed E-state index contributed by atoms with van der Waals surface area (Å²) in [4.78, 5) is 34.4. The molecule has 150 valence electrons. The van der Waals surface area contributed by atoms with Gasteiger partial charge in [-0.05, 0) is 43.7 Å². The number of hydrogen-bond donors (Lipinski definition) is 0. The van der Waals surface area contributed by atoms with Crippen LogP contribution >= 0.6 is 0 Å². The molecule has 1 aliphatic heterocycles. The summed E-state index contributed by atoms with van der Waals surface area (Å²) in [5.74, 6) is -0.152. The van der Waals surface area contributed by atoms with Gasteiger partial charge in [0.15, 0.2) is 5.69 Å². The summed E-state index contributed by atoms with van der Waals surface area (Å²) < 4.78 is 7.04. The second-order valence-corrected chi connectivity index (χ2v) is 7.03. The second kappa shape index (κ2) is 8.05. The number of ether oxygens (including phenoxy) is 1. The number of rotatable bonds is 4. The molecular formula is C22H24N4O3. The summed E-state index contributed by atoms with van der Waals surface area (Å²) in [7, 11) is 0. The van der Waals surface area contributed by atoms with Gasteiger partial charge in [-0.15, -0.1) is 0 Å². The molecule has 0 spiro atoms. The van der Waals surface area contributed by atoms with Gasteiger partial charge in [-0.1, -0.05) is 18.2 Å². The zero-order valence-corrected chi connectivity index (χ0v) is 16.7. The van der Waals surface area contributed by atoms with E-state index in [-0.39, 0.29) is 23.3 Å². The fraction of sp³-hybridized carbons (Fsp3) is 0.318. The van der Waals surface area contributed by atoms with E-state index in [1.807, 2.05) is 56.3 Å². The number of pyridine rings is 1. The van der Waals surface area contributed by atoms with Gasteiger partial charge in [0.2, 0.25) is 5.82 Å². The van der Waals surface area contributed by atoms with Gasteiger partial charge in [0.25, 0.3) is 11.8 Å². The van der Waals surface area contributed by atoms with Gasteiger partial charge in [0.05, 0.1) is 18.7 Å². The molecule has 0 radical (unpaired) electrons. The lowest BCUT2D eigenvalue weighted by molar-refractivity contribution is 0.0294. The topological polar surface area (TPSA) is 67.2 Å². The summed E-state index contributed by atoms with van der Waals surface area (Å²) >= 11 is 0. The van der Waals surface area contributed by atoms with E-state index >= 15 is 0 Å². The Morgan fingerprint density at radius 2 is 1.93 bits per heavy atom.